The maximum atomic E-state index is 13.4. The highest BCUT2D eigenvalue weighted by atomic mass is 35.5. The molecular weight excluding hydrogens is 281 g/mol. The lowest BCUT2D eigenvalue weighted by atomic mass is 9.98. The third-order valence-electron chi connectivity index (χ3n) is 3.07. The van der Waals surface area contributed by atoms with Crippen LogP contribution >= 0.6 is 11.6 Å². The molecule has 2 aromatic rings. The van der Waals surface area contributed by atoms with Gasteiger partial charge in [0.05, 0.1) is 20.3 Å². The van der Waals surface area contributed by atoms with E-state index in [1.807, 2.05) is 0 Å². The third kappa shape index (κ3) is 2.86. The Kier molecular flexibility index (Phi) is 4.47. The minimum atomic E-state index is -0.608. The van der Waals surface area contributed by atoms with Gasteiger partial charge in [-0.1, -0.05) is 11.6 Å². The van der Waals surface area contributed by atoms with Gasteiger partial charge in [0.25, 0.3) is 0 Å². The molecule has 0 spiro atoms. The van der Waals surface area contributed by atoms with Gasteiger partial charge < -0.3 is 15.2 Å². The number of ether oxygens (including phenoxy) is 2. The van der Waals surface area contributed by atoms with Crippen LogP contribution in [0.4, 0.5) is 4.39 Å². The van der Waals surface area contributed by atoms with Crippen LogP contribution in [-0.4, -0.2) is 14.2 Å². The van der Waals surface area contributed by atoms with Crippen LogP contribution in [0.1, 0.15) is 17.2 Å². The molecule has 2 aromatic carbocycles. The van der Waals surface area contributed by atoms with Crippen LogP contribution in [0, 0.1) is 5.82 Å². The van der Waals surface area contributed by atoms with Gasteiger partial charge in [-0.2, -0.15) is 0 Å². The smallest absolute Gasteiger partial charge is 0.124 e. The first-order valence-corrected chi connectivity index (χ1v) is 6.37. The molecule has 1 atom stereocenters. The minimum absolute atomic E-state index is 0.387. The fourth-order valence-electron chi connectivity index (χ4n) is 2.00. The van der Waals surface area contributed by atoms with Crippen LogP contribution in [0.5, 0.6) is 11.5 Å². The fourth-order valence-corrected chi connectivity index (χ4v) is 2.24. The highest BCUT2D eigenvalue weighted by Crippen LogP contribution is 2.34. The van der Waals surface area contributed by atoms with E-state index >= 15 is 0 Å². The van der Waals surface area contributed by atoms with E-state index in [1.165, 1.54) is 18.2 Å². The summed E-state index contributed by atoms with van der Waals surface area (Å²) in [4.78, 5) is 0. The topological polar surface area (TPSA) is 44.5 Å². The zero-order valence-corrected chi connectivity index (χ0v) is 11.9. The summed E-state index contributed by atoms with van der Waals surface area (Å²) in [5.41, 5.74) is 7.38. The van der Waals surface area contributed by atoms with E-state index in [0.29, 0.717) is 27.6 Å². The normalized spacial score (nSPS) is 12.1. The van der Waals surface area contributed by atoms with Gasteiger partial charge in [-0.15, -0.1) is 0 Å². The van der Waals surface area contributed by atoms with Crippen LogP contribution in [-0.2, 0) is 0 Å². The Morgan fingerprint density at radius 1 is 1.05 bits per heavy atom. The van der Waals surface area contributed by atoms with E-state index in [0.717, 1.165) is 0 Å². The zero-order chi connectivity index (χ0) is 14.7. The molecule has 0 aliphatic heterocycles. The maximum absolute atomic E-state index is 13.4. The van der Waals surface area contributed by atoms with E-state index in [1.54, 1.807) is 32.4 Å². The molecule has 2 N–H and O–H groups in total. The second-order valence-corrected chi connectivity index (χ2v) is 4.66. The molecule has 20 heavy (non-hydrogen) atoms. The predicted molar refractivity (Wildman–Crippen MR) is 77.0 cm³/mol. The van der Waals surface area contributed by atoms with Crippen molar-refractivity contribution >= 4 is 11.6 Å². The average Bonchev–Trinajstić information content (AvgIpc) is 2.48. The van der Waals surface area contributed by atoms with Crippen molar-refractivity contribution in [3.63, 3.8) is 0 Å². The van der Waals surface area contributed by atoms with Crippen molar-refractivity contribution in [1.29, 1.82) is 0 Å². The van der Waals surface area contributed by atoms with Gasteiger partial charge in [0, 0.05) is 10.6 Å². The van der Waals surface area contributed by atoms with Crippen molar-refractivity contribution in [2.45, 2.75) is 6.04 Å². The number of rotatable bonds is 4. The van der Waals surface area contributed by atoms with Crippen molar-refractivity contribution < 1.29 is 13.9 Å². The van der Waals surface area contributed by atoms with Crippen molar-refractivity contribution in [2.24, 2.45) is 5.73 Å². The number of methoxy groups -OCH3 is 2. The zero-order valence-electron chi connectivity index (χ0n) is 11.2. The van der Waals surface area contributed by atoms with Gasteiger partial charge in [0.15, 0.2) is 0 Å². The summed E-state index contributed by atoms with van der Waals surface area (Å²) in [7, 11) is 3.11. The molecule has 0 amide bonds. The molecule has 3 nitrogen and oxygen atoms in total. The van der Waals surface area contributed by atoms with E-state index in [9.17, 15) is 4.39 Å². The number of benzene rings is 2. The van der Waals surface area contributed by atoms with Crippen molar-refractivity contribution in [3.05, 3.63) is 58.4 Å². The van der Waals surface area contributed by atoms with Crippen molar-refractivity contribution in [2.75, 3.05) is 14.2 Å². The first kappa shape index (κ1) is 14.6. The maximum Gasteiger partial charge on any atom is 0.124 e. The largest absolute Gasteiger partial charge is 0.497 e. The quantitative estimate of drug-likeness (QED) is 0.938. The molecule has 0 aromatic heterocycles. The summed E-state index contributed by atoms with van der Waals surface area (Å²) in [5, 5.41) is 0.406. The van der Waals surface area contributed by atoms with Crippen LogP contribution < -0.4 is 15.2 Å². The van der Waals surface area contributed by atoms with Crippen molar-refractivity contribution in [3.8, 4) is 11.5 Å². The molecule has 0 fully saturated rings. The second-order valence-electron chi connectivity index (χ2n) is 4.25. The molecule has 106 valence electrons. The molecule has 2 rings (SSSR count). The fraction of sp³-hybridized carbons (Fsp3) is 0.200. The summed E-state index contributed by atoms with van der Waals surface area (Å²) in [6, 6.07) is 8.77. The Morgan fingerprint density at radius 2 is 1.80 bits per heavy atom. The van der Waals surface area contributed by atoms with E-state index in [-0.39, 0.29) is 5.82 Å². The number of nitrogens with two attached hydrogens (primary N) is 1. The molecule has 0 aliphatic rings. The highest BCUT2D eigenvalue weighted by Gasteiger charge is 2.18. The summed E-state index contributed by atoms with van der Waals surface area (Å²) < 4.78 is 23.8. The van der Waals surface area contributed by atoms with Crippen LogP contribution in [0.3, 0.4) is 0 Å². The van der Waals surface area contributed by atoms with Gasteiger partial charge in [0.1, 0.15) is 17.3 Å². The Bertz CT molecular complexity index is 619. The van der Waals surface area contributed by atoms with Gasteiger partial charge in [-0.25, -0.2) is 4.39 Å². The monoisotopic (exact) mass is 295 g/mol. The average molecular weight is 296 g/mol. The van der Waals surface area contributed by atoms with Crippen LogP contribution in [0.2, 0.25) is 5.02 Å². The second kappa shape index (κ2) is 6.11. The van der Waals surface area contributed by atoms with Gasteiger partial charge >= 0.3 is 0 Å². The van der Waals surface area contributed by atoms with Crippen LogP contribution in [0.15, 0.2) is 36.4 Å². The lowest BCUT2D eigenvalue weighted by Crippen LogP contribution is -2.14. The molecule has 0 aliphatic carbocycles. The Morgan fingerprint density at radius 3 is 2.45 bits per heavy atom. The molecule has 0 saturated carbocycles. The van der Waals surface area contributed by atoms with Gasteiger partial charge in [-0.05, 0) is 42.0 Å². The van der Waals surface area contributed by atoms with Gasteiger partial charge in [-0.3, -0.25) is 0 Å². The van der Waals surface area contributed by atoms with Gasteiger partial charge in [0.2, 0.25) is 0 Å². The summed E-state index contributed by atoms with van der Waals surface area (Å²) >= 11 is 6.09. The minimum Gasteiger partial charge on any atom is -0.497 e. The lowest BCUT2D eigenvalue weighted by Gasteiger charge is -2.18. The standard InChI is InChI=1S/C15H15ClFNO2/c1-19-10-4-6-14(20-2)12(8-10)15(18)11-7-9(17)3-5-13(11)16/h3-8,15H,18H2,1-2H3. The molecule has 0 bridgehead atoms. The summed E-state index contributed by atoms with van der Waals surface area (Å²) in [5.74, 6) is 0.851. The molecule has 0 heterocycles. The van der Waals surface area contributed by atoms with Crippen molar-refractivity contribution in [1.82, 2.24) is 0 Å². The summed E-state index contributed by atoms with van der Waals surface area (Å²) in [6.45, 7) is 0. The molecule has 0 radical (unpaired) electrons. The van der Waals surface area contributed by atoms with E-state index in [4.69, 9.17) is 26.8 Å². The first-order valence-electron chi connectivity index (χ1n) is 5.99. The Balaban J connectivity index is 2.51. The third-order valence-corrected chi connectivity index (χ3v) is 3.41. The Hall–Kier alpha value is -1.78. The first-order chi connectivity index (χ1) is 9.56. The Labute approximate surface area is 122 Å². The van der Waals surface area contributed by atoms with E-state index < -0.39 is 6.04 Å². The molecule has 5 heteroatoms. The lowest BCUT2D eigenvalue weighted by molar-refractivity contribution is 0.397. The molecule has 0 saturated heterocycles. The number of halogens is 2. The molecule has 1 unspecified atom stereocenters. The van der Waals surface area contributed by atoms with Crippen LogP contribution in [0.25, 0.3) is 0 Å². The highest BCUT2D eigenvalue weighted by molar-refractivity contribution is 6.31. The number of hydrogen-bond donors (Lipinski definition) is 1. The van der Waals surface area contributed by atoms with E-state index in [2.05, 4.69) is 0 Å². The predicted octanol–water partition coefficient (Wildman–Crippen LogP) is 3.54. The summed E-state index contributed by atoms with van der Waals surface area (Å²) in [6.07, 6.45) is 0. The SMILES string of the molecule is COc1ccc(OC)c(C(N)c2cc(F)ccc2Cl)c1. The number of hydrogen-bond acceptors (Lipinski definition) is 3. The molecular formula is C15H15ClFNO2.